The van der Waals surface area contributed by atoms with E-state index in [1.165, 1.54) is 11.3 Å². The highest BCUT2D eigenvalue weighted by atomic mass is 16.5. The maximum Gasteiger partial charge on any atom is 0.251 e. The van der Waals surface area contributed by atoms with Crippen molar-refractivity contribution < 1.29 is 14.6 Å². The third-order valence-electron chi connectivity index (χ3n) is 4.40. The van der Waals surface area contributed by atoms with Gasteiger partial charge in [-0.05, 0) is 41.8 Å². The van der Waals surface area contributed by atoms with Crippen molar-refractivity contribution in [2.45, 2.75) is 12.5 Å². The van der Waals surface area contributed by atoms with Crippen molar-refractivity contribution in [1.82, 2.24) is 5.32 Å². The van der Waals surface area contributed by atoms with Crippen molar-refractivity contribution in [3.8, 4) is 5.75 Å². The molecule has 0 aromatic heterocycles. The van der Waals surface area contributed by atoms with Gasteiger partial charge in [0.15, 0.2) is 0 Å². The van der Waals surface area contributed by atoms with Crippen LogP contribution in [0.25, 0.3) is 0 Å². The fraction of sp³-hybridized carbons (Fsp3) is 0.316. The van der Waals surface area contributed by atoms with Crippen LogP contribution in [0, 0.1) is 0 Å². The molecule has 1 aliphatic heterocycles. The molecule has 3 rings (SSSR count). The van der Waals surface area contributed by atoms with Gasteiger partial charge in [-0.15, -0.1) is 0 Å². The minimum atomic E-state index is -0.726. The summed E-state index contributed by atoms with van der Waals surface area (Å²) in [5.74, 6) is 0.403. The molecule has 2 aromatic rings. The van der Waals surface area contributed by atoms with Crippen LogP contribution >= 0.6 is 0 Å². The van der Waals surface area contributed by atoms with Gasteiger partial charge in [-0.2, -0.15) is 0 Å². The molecule has 1 heterocycles. The minimum Gasteiger partial charge on any atom is -0.497 e. The second-order valence-corrected chi connectivity index (χ2v) is 6.02. The van der Waals surface area contributed by atoms with Gasteiger partial charge >= 0.3 is 0 Å². The highest BCUT2D eigenvalue weighted by molar-refractivity contribution is 5.94. The van der Waals surface area contributed by atoms with Crippen molar-refractivity contribution in [2.75, 3.05) is 32.1 Å². The molecule has 24 heavy (non-hydrogen) atoms. The third-order valence-corrected chi connectivity index (χ3v) is 4.40. The third kappa shape index (κ3) is 3.36. The molecule has 126 valence electrons. The predicted octanol–water partition coefficient (Wildman–Crippen LogP) is 2.15. The molecule has 0 aliphatic carbocycles. The number of methoxy groups -OCH3 is 1. The van der Waals surface area contributed by atoms with Gasteiger partial charge in [-0.3, -0.25) is 4.79 Å². The molecule has 0 saturated heterocycles. The molecule has 1 aliphatic rings. The Labute approximate surface area is 141 Å². The number of hydrogen-bond acceptors (Lipinski definition) is 4. The van der Waals surface area contributed by atoms with Gasteiger partial charge in [0.2, 0.25) is 0 Å². The first-order chi connectivity index (χ1) is 11.6. The van der Waals surface area contributed by atoms with Crippen LogP contribution in [0.2, 0.25) is 0 Å². The smallest absolute Gasteiger partial charge is 0.251 e. The molecule has 1 atom stereocenters. The lowest BCUT2D eigenvalue weighted by atomic mass is 10.0. The van der Waals surface area contributed by atoms with Crippen LogP contribution in [-0.2, 0) is 6.42 Å². The SMILES string of the molecule is COc1cccc(C(=O)NC[C@H](O)c2ccc3c(c2)CCN3C)c1. The largest absolute Gasteiger partial charge is 0.497 e. The van der Waals surface area contributed by atoms with Crippen molar-refractivity contribution >= 4 is 11.6 Å². The summed E-state index contributed by atoms with van der Waals surface area (Å²) >= 11 is 0. The Kier molecular flexibility index (Phi) is 4.71. The van der Waals surface area contributed by atoms with E-state index in [4.69, 9.17) is 4.74 Å². The Hall–Kier alpha value is -2.53. The Morgan fingerprint density at radius 3 is 2.96 bits per heavy atom. The second kappa shape index (κ2) is 6.93. The Morgan fingerprint density at radius 1 is 1.33 bits per heavy atom. The highest BCUT2D eigenvalue weighted by Gasteiger charge is 2.18. The predicted molar refractivity (Wildman–Crippen MR) is 93.7 cm³/mol. The first-order valence-corrected chi connectivity index (χ1v) is 8.03. The fourth-order valence-electron chi connectivity index (χ4n) is 2.97. The zero-order valence-corrected chi connectivity index (χ0v) is 14.0. The fourth-order valence-corrected chi connectivity index (χ4v) is 2.97. The number of ether oxygens (including phenoxy) is 1. The molecule has 0 spiro atoms. The van der Waals surface area contributed by atoms with E-state index in [-0.39, 0.29) is 12.5 Å². The molecule has 0 radical (unpaired) electrons. The first kappa shape index (κ1) is 16.3. The zero-order valence-electron chi connectivity index (χ0n) is 14.0. The van der Waals surface area contributed by atoms with E-state index >= 15 is 0 Å². The van der Waals surface area contributed by atoms with Gasteiger partial charge in [0.1, 0.15) is 5.75 Å². The van der Waals surface area contributed by atoms with E-state index in [2.05, 4.69) is 17.3 Å². The lowest BCUT2D eigenvalue weighted by Crippen LogP contribution is -2.28. The van der Waals surface area contributed by atoms with Crippen molar-refractivity contribution in [3.05, 3.63) is 59.2 Å². The number of carbonyl (C=O) groups excluding carboxylic acids is 1. The van der Waals surface area contributed by atoms with Crippen molar-refractivity contribution in [3.63, 3.8) is 0 Å². The molecule has 1 amide bonds. The van der Waals surface area contributed by atoms with Gasteiger partial charge in [0, 0.05) is 31.4 Å². The Bertz CT molecular complexity index is 745. The zero-order chi connectivity index (χ0) is 17.1. The summed E-state index contributed by atoms with van der Waals surface area (Å²) in [6.07, 6.45) is 0.263. The quantitative estimate of drug-likeness (QED) is 0.884. The molecule has 5 nitrogen and oxygen atoms in total. The number of aliphatic hydroxyl groups excluding tert-OH is 1. The second-order valence-electron chi connectivity index (χ2n) is 6.02. The van der Waals surface area contributed by atoms with E-state index < -0.39 is 6.10 Å². The molecule has 0 bridgehead atoms. The molecular formula is C19H22N2O3. The van der Waals surface area contributed by atoms with E-state index in [0.717, 1.165) is 18.5 Å². The molecule has 0 unspecified atom stereocenters. The molecule has 0 saturated carbocycles. The van der Waals surface area contributed by atoms with Crippen LogP contribution in [0.4, 0.5) is 5.69 Å². The maximum absolute atomic E-state index is 12.2. The number of benzene rings is 2. The van der Waals surface area contributed by atoms with Gasteiger partial charge < -0.3 is 20.1 Å². The van der Waals surface area contributed by atoms with Crippen LogP contribution in [-0.4, -0.2) is 38.3 Å². The topological polar surface area (TPSA) is 61.8 Å². The number of amides is 1. The van der Waals surface area contributed by atoms with E-state index in [9.17, 15) is 9.90 Å². The Balaban J connectivity index is 1.63. The molecule has 2 N–H and O–H groups in total. The number of fused-ring (bicyclic) bond motifs is 1. The molecule has 5 heteroatoms. The van der Waals surface area contributed by atoms with E-state index in [0.29, 0.717) is 11.3 Å². The molecular weight excluding hydrogens is 304 g/mol. The lowest BCUT2D eigenvalue weighted by Gasteiger charge is -2.15. The van der Waals surface area contributed by atoms with Crippen LogP contribution in [0.15, 0.2) is 42.5 Å². The average molecular weight is 326 g/mol. The average Bonchev–Trinajstić information content (AvgIpc) is 2.99. The summed E-state index contributed by atoms with van der Waals surface area (Å²) in [6.45, 7) is 1.17. The number of anilines is 1. The summed E-state index contributed by atoms with van der Waals surface area (Å²) in [5, 5.41) is 13.1. The maximum atomic E-state index is 12.2. The number of likely N-dealkylation sites (N-methyl/N-ethyl adjacent to an activating group) is 1. The number of hydrogen-bond donors (Lipinski definition) is 2. The first-order valence-electron chi connectivity index (χ1n) is 8.03. The monoisotopic (exact) mass is 326 g/mol. The number of nitrogens with zero attached hydrogens (tertiary/aromatic N) is 1. The van der Waals surface area contributed by atoms with E-state index in [1.54, 1.807) is 31.4 Å². The van der Waals surface area contributed by atoms with Crippen LogP contribution in [0.1, 0.15) is 27.6 Å². The standard InChI is InChI=1S/C19H22N2O3/c1-21-9-8-13-10-14(6-7-17(13)21)18(22)12-20-19(23)15-4-3-5-16(11-15)24-2/h3-7,10-11,18,22H,8-9,12H2,1-2H3,(H,20,23)/t18-/m0/s1. The van der Waals surface area contributed by atoms with Gasteiger partial charge in [-0.1, -0.05) is 18.2 Å². The summed E-state index contributed by atoms with van der Waals surface area (Å²) in [4.78, 5) is 14.4. The summed E-state index contributed by atoms with van der Waals surface area (Å²) in [7, 11) is 3.63. The highest BCUT2D eigenvalue weighted by Crippen LogP contribution is 2.29. The van der Waals surface area contributed by atoms with Crippen molar-refractivity contribution in [2.24, 2.45) is 0 Å². The van der Waals surface area contributed by atoms with Gasteiger partial charge in [0.05, 0.1) is 13.2 Å². The normalized spacial score (nSPS) is 14.2. The summed E-state index contributed by atoms with van der Waals surface area (Å²) in [6, 6.07) is 12.9. The Morgan fingerprint density at radius 2 is 2.17 bits per heavy atom. The lowest BCUT2D eigenvalue weighted by molar-refractivity contribution is 0.0916. The van der Waals surface area contributed by atoms with Crippen LogP contribution in [0.3, 0.4) is 0 Å². The number of nitrogens with one attached hydrogen (secondary N) is 1. The summed E-state index contributed by atoms with van der Waals surface area (Å²) < 4.78 is 5.12. The number of rotatable bonds is 5. The minimum absolute atomic E-state index is 0.171. The summed E-state index contributed by atoms with van der Waals surface area (Å²) in [5.41, 5.74) is 3.80. The molecule has 0 fully saturated rings. The van der Waals surface area contributed by atoms with Gasteiger partial charge in [0.25, 0.3) is 5.91 Å². The van der Waals surface area contributed by atoms with Gasteiger partial charge in [-0.25, -0.2) is 0 Å². The van der Waals surface area contributed by atoms with E-state index in [1.807, 2.05) is 18.2 Å². The van der Waals surface area contributed by atoms with Crippen LogP contribution < -0.4 is 15.0 Å². The number of carbonyl (C=O) groups is 1. The van der Waals surface area contributed by atoms with Crippen molar-refractivity contribution in [1.29, 1.82) is 0 Å². The number of aliphatic hydroxyl groups is 1. The van der Waals surface area contributed by atoms with Crippen LogP contribution in [0.5, 0.6) is 5.75 Å². The molecule has 2 aromatic carbocycles.